The Labute approximate surface area is 164 Å². The molecule has 5 nitrogen and oxygen atoms in total. The van der Waals surface area contributed by atoms with E-state index in [0.29, 0.717) is 22.7 Å². The van der Waals surface area contributed by atoms with E-state index in [1.54, 1.807) is 48.5 Å². The first-order valence-corrected chi connectivity index (χ1v) is 9.94. The van der Waals surface area contributed by atoms with Gasteiger partial charge in [-0.3, -0.25) is 4.31 Å². The SMILES string of the molecule is COc1ccc(OC)c(N(Cc2ccc(F)cc2)S(=O)(=O)c2ccccc2)c1. The highest BCUT2D eigenvalue weighted by Crippen LogP contribution is 2.36. The summed E-state index contributed by atoms with van der Waals surface area (Å²) in [5.41, 5.74) is 0.959. The van der Waals surface area contributed by atoms with Crippen LogP contribution in [-0.4, -0.2) is 22.6 Å². The van der Waals surface area contributed by atoms with E-state index in [-0.39, 0.29) is 17.3 Å². The molecule has 0 unspecified atom stereocenters. The average Bonchev–Trinajstić information content (AvgIpc) is 2.73. The molecule has 0 aromatic heterocycles. The maximum Gasteiger partial charge on any atom is 0.264 e. The summed E-state index contributed by atoms with van der Waals surface area (Å²) in [5, 5.41) is 0. The number of hydrogen-bond donors (Lipinski definition) is 0. The highest BCUT2D eigenvalue weighted by atomic mass is 32.2. The Morgan fingerprint density at radius 2 is 1.57 bits per heavy atom. The van der Waals surface area contributed by atoms with Crippen molar-refractivity contribution in [1.29, 1.82) is 0 Å². The number of benzene rings is 3. The number of ether oxygens (including phenoxy) is 2. The lowest BCUT2D eigenvalue weighted by Crippen LogP contribution is -2.31. The zero-order valence-corrected chi connectivity index (χ0v) is 16.3. The third-order valence-corrected chi connectivity index (χ3v) is 6.00. The lowest BCUT2D eigenvalue weighted by atomic mass is 10.2. The molecular formula is C21H20FNO4S. The van der Waals surface area contributed by atoms with Crippen LogP contribution in [0.25, 0.3) is 0 Å². The quantitative estimate of drug-likeness (QED) is 0.594. The number of sulfonamides is 1. The Bertz CT molecular complexity index is 1040. The van der Waals surface area contributed by atoms with Gasteiger partial charge in [-0.1, -0.05) is 30.3 Å². The van der Waals surface area contributed by atoms with E-state index in [2.05, 4.69) is 0 Å². The van der Waals surface area contributed by atoms with Gasteiger partial charge < -0.3 is 9.47 Å². The van der Waals surface area contributed by atoms with Gasteiger partial charge in [0.25, 0.3) is 10.0 Å². The minimum absolute atomic E-state index is 0.00103. The number of rotatable bonds is 7. The van der Waals surface area contributed by atoms with Crippen LogP contribution in [0.1, 0.15) is 5.56 Å². The van der Waals surface area contributed by atoms with E-state index in [1.165, 1.54) is 42.8 Å². The second-order valence-corrected chi connectivity index (χ2v) is 7.85. The Hall–Kier alpha value is -3.06. The van der Waals surface area contributed by atoms with Crippen LogP contribution in [0.4, 0.5) is 10.1 Å². The summed E-state index contributed by atoms with van der Waals surface area (Å²) in [4.78, 5) is 0.141. The first kappa shape index (κ1) is 19.7. The van der Waals surface area contributed by atoms with Crippen LogP contribution < -0.4 is 13.8 Å². The maximum atomic E-state index is 13.4. The fourth-order valence-electron chi connectivity index (χ4n) is 2.77. The Balaban J connectivity index is 2.16. The summed E-state index contributed by atoms with van der Waals surface area (Å²) < 4.78 is 52.0. The van der Waals surface area contributed by atoms with Gasteiger partial charge in [-0.25, -0.2) is 12.8 Å². The zero-order chi connectivity index (χ0) is 20.1. The van der Waals surface area contributed by atoms with Crippen molar-refractivity contribution in [2.24, 2.45) is 0 Å². The lowest BCUT2D eigenvalue weighted by Gasteiger charge is -2.26. The molecule has 28 heavy (non-hydrogen) atoms. The van der Waals surface area contributed by atoms with Crippen LogP contribution in [0, 0.1) is 5.82 Å². The molecule has 0 N–H and O–H groups in total. The van der Waals surface area contributed by atoms with Crippen molar-refractivity contribution in [3.63, 3.8) is 0 Å². The van der Waals surface area contributed by atoms with Crippen LogP contribution in [0.3, 0.4) is 0 Å². The Morgan fingerprint density at radius 1 is 0.893 bits per heavy atom. The molecule has 0 aliphatic heterocycles. The molecule has 3 aromatic carbocycles. The van der Waals surface area contributed by atoms with Gasteiger partial charge >= 0.3 is 0 Å². The molecule has 0 radical (unpaired) electrons. The predicted molar refractivity (Wildman–Crippen MR) is 106 cm³/mol. The van der Waals surface area contributed by atoms with Crippen LogP contribution in [0.5, 0.6) is 11.5 Å². The van der Waals surface area contributed by atoms with Crippen molar-refractivity contribution >= 4 is 15.7 Å². The molecule has 0 aliphatic carbocycles. The molecule has 0 saturated carbocycles. The van der Waals surface area contributed by atoms with Crippen LogP contribution in [-0.2, 0) is 16.6 Å². The number of anilines is 1. The largest absolute Gasteiger partial charge is 0.497 e. The molecule has 7 heteroatoms. The standard InChI is InChI=1S/C21H20FNO4S/c1-26-18-12-13-21(27-2)20(14-18)23(15-16-8-10-17(22)11-9-16)28(24,25)19-6-4-3-5-7-19/h3-14H,15H2,1-2H3. The van der Waals surface area contributed by atoms with Crippen molar-refractivity contribution in [2.75, 3.05) is 18.5 Å². The van der Waals surface area contributed by atoms with Crippen molar-refractivity contribution in [3.05, 3.63) is 84.2 Å². The monoisotopic (exact) mass is 401 g/mol. The minimum atomic E-state index is -3.92. The fourth-order valence-corrected chi connectivity index (χ4v) is 4.24. The molecular weight excluding hydrogens is 381 g/mol. The Kier molecular flexibility index (Phi) is 5.84. The highest BCUT2D eigenvalue weighted by Gasteiger charge is 2.28. The first-order valence-electron chi connectivity index (χ1n) is 8.50. The number of hydrogen-bond acceptors (Lipinski definition) is 4. The Morgan fingerprint density at radius 3 is 2.18 bits per heavy atom. The highest BCUT2D eigenvalue weighted by molar-refractivity contribution is 7.92. The van der Waals surface area contributed by atoms with E-state index < -0.39 is 10.0 Å². The molecule has 0 amide bonds. The van der Waals surface area contributed by atoms with Gasteiger partial charge in [0, 0.05) is 6.07 Å². The van der Waals surface area contributed by atoms with Crippen molar-refractivity contribution in [3.8, 4) is 11.5 Å². The molecule has 0 aliphatic rings. The maximum absolute atomic E-state index is 13.4. The lowest BCUT2D eigenvalue weighted by molar-refractivity contribution is 0.403. The van der Waals surface area contributed by atoms with Gasteiger partial charge in [-0.2, -0.15) is 0 Å². The number of halogens is 1. The third kappa shape index (κ3) is 4.09. The third-order valence-electron chi connectivity index (χ3n) is 4.23. The van der Waals surface area contributed by atoms with Gasteiger partial charge in [-0.05, 0) is 42.0 Å². The topological polar surface area (TPSA) is 55.8 Å². The van der Waals surface area contributed by atoms with E-state index in [4.69, 9.17) is 9.47 Å². The molecule has 3 rings (SSSR count). The van der Waals surface area contributed by atoms with Crippen LogP contribution >= 0.6 is 0 Å². The predicted octanol–water partition coefficient (Wildman–Crippen LogP) is 4.24. The minimum Gasteiger partial charge on any atom is -0.497 e. The molecule has 0 atom stereocenters. The summed E-state index contributed by atoms with van der Waals surface area (Å²) in [5.74, 6) is 0.478. The van der Waals surface area contributed by atoms with Crippen molar-refractivity contribution in [1.82, 2.24) is 0 Å². The molecule has 0 saturated heterocycles. The van der Waals surface area contributed by atoms with Crippen LogP contribution in [0.2, 0.25) is 0 Å². The summed E-state index contributed by atoms with van der Waals surface area (Å²) in [6.45, 7) is 0.00103. The molecule has 0 bridgehead atoms. The second-order valence-electron chi connectivity index (χ2n) is 5.99. The van der Waals surface area contributed by atoms with Crippen molar-refractivity contribution < 1.29 is 22.3 Å². The smallest absolute Gasteiger partial charge is 0.264 e. The molecule has 0 spiro atoms. The van der Waals surface area contributed by atoms with Gasteiger partial charge in [-0.15, -0.1) is 0 Å². The van der Waals surface area contributed by atoms with E-state index in [0.717, 1.165) is 0 Å². The fraction of sp³-hybridized carbons (Fsp3) is 0.143. The summed E-state index contributed by atoms with van der Waals surface area (Å²) in [6, 6.07) is 18.7. The van der Waals surface area contributed by atoms with Crippen LogP contribution in [0.15, 0.2) is 77.7 Å². The molecule has 0 heterocycles. The number of methoxy groups -OCH3 is 2. The summed E-state index contributed by atoms with van der Waals surface area (Å²) in [6.07, 6.45) is 0. The van der Waals surface area contributed by atoms with E-state index >= 15 is 0 Å². The average molecular weight is 401 g/mol. The normalized spacial score (nSPS) is 11.1. The van der Waals surface area contributed by atoms with Gasteiger partial charge in [0.05, 0.1) is 31.3 Å². The molecule has 146 valence electrons. The van der Waals surface area contributed by atoms with Gasteiger partial charge in [0.1, 0.15) is 17.3 Å². The zero-order valence-electron chi connectivity index (χ0n) is 15.5. The van der Waals surface area contributed by atoms with Crippen molar-refractivity contribution in [2.45, 2.75) is 11.4 Å². The van der Waals surface area contributed by atoms with E-state index in [1.807, 2.05) is 0 Å². The molecule has 3 aromatic rings. The summed E-state index contributed by atoms with van der Waals surface area (Å²) in [7, 11) is -0.946. The number of nitrogens with zero attached hydrogens (tertiary/aromatic N) is 1. The van der Waals surface area contributed by atoms with Gasteiger partial charge in [0.2, 0.25) is 0 Å². The summed E-state index contributed by atoms with van der Waals surface area (Å²) >= 11 is 0. The first-order chi connectivity index (χ1) is 13.5. The van der Waals surface area contributed by atoms with E-state index in [9.17, 15) is 12.8 Å². The molecule has 0 fully saturated rings. The van der Waals surface area contributed by atoms with Gasteiger partial charge in [0.15, 0.2) is 0 Å². The second kappa shape index (κ2) is 8.31.